The monoisotopic (exact) mass is 487 g/mol. The molecule has 0 aliphatic carbocycles. The molecule has 0 bridgehead atoms. The number of para-hydroxylation sites is 1. The van der Waals surface area contributed by atoms with Gasteiger partial charge in [0.2, 0.25) is 11.8 Å². The summed E-state index contributed by atoms with van der Waals surface area (Å²) in [6.07, 6.45) is 1.01. The lowest BCUT2D eigenvalue weighted by molar-refractivity contribution is -0.158. The third-order valence-corrected chi connectivity index (χ3v) is 7.33. The largest absolute Gasteiger partial charge is 0.356 e. The van der Waals surface area contributed by atoms with Gasteiger partial charge in [0.15, 0.2) is 0 Å². The van der Waals surface area contributed by atoms with Crippen LogP contribution in [0.25, 0.3) is 10.9 Å². The molecule has 1 aromatic heterocycles. The summed E-state index contributed by atoms with van der Waals surface area (Å²) in [6, 6.07) is 20.7. The van der Waals surface area contributed by atoms with Crippen LogP contribution in [0.4, 0.5) is 4.39 Å². The number of hydrogen-bond acceptors (Lipinski definition) is 2. The van der Waals surface area contributed by atoms with Gasteiger partial charge in [-0.2, -0.15) is 0 Å². The number of rotatable bonds is 4. The fourth-order valence-electron chi connectivity index (χ4n) is 5.45. The van der Waals surface area contributed by atoms with Crippen LogP contribution in [0.1, 0.15) is 28.4 Å². The number of carbonyl (C=O) groups is 2. The molecule has 35 heavy (non-hydrogen) atoms. The number of H-pyrrole nitrogens is 1. The molecule has 4 aromatic rings. The van der Waals surface area contributed by atoms with Crippen LogP contribution < -0.4 is 0 Å². The van der Waals surface area contributed by atoms with E-state index in [1.165, 1.54) is 12.1 Å². The number of carbonyl (C=O) groups excluding carboxylic acids is 2. The first-order valence-corrected chi connectivity index (χ1v) is 12.1. The van der Waals surface area contributed by atoms with E-state index in [-0.39, 0.29) is 24.2 Å². The minimum absolute atomic E-state index is 0.0170. The first kappa shape index (κ1) is 21.9. The van der Waals surface area contributed by atoms with Gasteiger partial charge in [0.1, 0.15) is 11.9 Å². The van der Waals surface area contributed by atoms with Crippen molar-refractivity contribution in [2.24, 2.45) is 0 Å². The number of piperazine rings is 1. The molecule has 1 saturated heterocycles. The Morgan fingerprint density at radius 2 is 1.80 bits per heavy atom. The predicted octanol–water partition coefficient (Wildman–Crippen LogP) is 4.89. The van der Waals surface area contributed by atoms with Crippen molar-refractivity contribution < 1.29 is 14.0 Å². The summed E-state index contributed by atoms with van der Waals surface area (Å²) < 4.78 is 13.3. The lowest BCUT2D eigenvalue weighted by Crippen LogP contribution is -2.63. The Morgan fingerprint density at radius 3 is 2.60 bits per heavy atom. The minimum atomic E-state index is -0.597. The summed E-state index contributed by atoms with van der Waals surface area (Å²) in [5, 5.41) is 1.65. The Morgan fingerprint density at radius 1 is 1.00 bits per heavy atom. The molecule has 7 heteroatoms. The third-order valence-electron chi connectivity index (χ3n) is 7.09. The smallest absolute Gasteiger partial charge is 0.246 e. The number of aromatic amines is 1. The highest BCUT2D eigenvalue weighted by molar-refractivity contribution is 6.30. The maximum atomic E-state index is 13.7. The van der Waals surface area contributed by atoms with Crippen LogP contribution in [0.5, 0.6) is 0 Å². The molecule has 0 unspecified atom stereocenters. The minimum Gasteiger partial charge on any atom is -0.356 e. The van der Waals surface area contributed by atoms with Gasteiger partial charge in [-0.05, 0) is 53.4 Å². The Bertz CT molecular complexity index is 1450. The summed E-state index contributed by atoms with van der Waals surface area (Å²) in [6.45, 7) is 0.423. The van der Waals surface area contributed by atoms with E-state index in [1.807, 2.05) is 36.4 Å². The maximum absolute atomic E-state index is 13.7. The highest BCUT2D eigenvalue weighted by Gasteiger charge is 2.48. The normalized spacial score (nSPS) is 19.7. The molecule has 0 saturated carbocycles. The average Bonchev–Trinajstić information content (AvgIpc) is 3.23. The summed E-state index contributed by atoms with van der Waals surface area (Å²) >= 11 is 6.33. The van der Waals surface area contributed by atoms with Crippen LogP contribution in [-0.2, 0) is 22.4 Å². The molecule has 1 N–H and O–H groups in total. The van der Waals surface area contributed by atoms with Gasteiger partial charge in [0.25, 0.3) is 0 Å². The molecule has 2 amide bonds. The van der Waals surface area contributed by atoms with E-state index in [4.69, 9.17) is 11.6 Å². The van der Waals surface area contributed by atoms with E-state index in [9.17, 15) is 14.0 Å². The van der Waals surface area contributed by atoms with Gasteiger partial charge in [0.05, 0.1) is 12.6 Å². The van der Waals surface area contributed by atoms with Crippen molar-refractivity contribution in [3.05, 3.63) is 106 Å². The van der Waals surface area contributed by atoms with Gasteiger partial charge in [-0.3, -0.25) is 9.59 Å². The van der Waals surface area contributed by atoms with E-state index in [0.717, 1.165) is 33.3 Å². The van der Waals surface area contributed by atoms with E-state index in [1.54, 1.807) is 28.0 Å². The van der Waals surface area contributed by atoms with Crippen LogP contribution in [0.2, 0.25) is 5.02 Å². The van der Waals surface area contributed by atoms with E-state index < -0.39 is 12.1 Å². The number of nitrogens with one attached hydrogen (secondary N) is 1. The first-order valence-electron chi connectivity index (χ1n) is 11.7. The van der Waals surface area contributed by atoms with Crippen molar-refractivity contribution in [2.75, 3.05) is 13.1 Å². The number of benzene rings is 3. The first-order chi connectivity index (χ1) is 17.0. The van der Waals surface area contributed by atoms with Crippen LogP contribution in [0, 0.1) is 5.82 Å². The molecule has 2 atom stereocenters. The van der Waals surface area contributed by atoms with Gasteiger partial charge in [-0.1, -0.05) is 54.1 Å². The second-order valence-electron chi connectivity index (χ2n) is 9.18. The maximum Gasteiger partial charge on any atom is 0.246 e. The number of hydrogen-bond donors (Lipinski definition) is 1. The van der Waals surface area contributed by atoms with E-state index in [0.29, 0.717) is 24.4 Å². The Balaban J connectivity index is 1.38. The standard InChI is InChI=1S/C28H23ClFN3O2/c29-19-5-3-4-18(14-19)27-26-22(21-6-1-2-7-23(21)31-26)15-24-28(35)32(16-25(34)33(24)27)13-12-17-8-10-20(30)11-9-17/h1-11,14,24,27,31H,12-13,15-16H2/t24-,27-/m0/s1. The molecule has 3 heterocycles. The number of halogens is 2. The molecule has 176 valence electrons. The molecule has 1 fully saturated rings. The Hall–Kier alpha value is -3.64. The molecule has 0 spiro atoms. The SMILES string of the molecule is O=C1[C@@H]2Cc3c([nH]c4ccccc34)[C@H](c3cccc(Cl)c3)N2C(=O)CN1CCc1ccc(F)cc1. The third kappa shape index (κ3) is 3.78. The molecule has 2 aliphatic heterocycles. The molecule has 2 aliphatic rings. The van der Waals surface area contributed by atoms with Crippen LogP contribution in [0.15, 0.2) is 72.8 Å². The number of fused-ring (bicyclic) bond motifs is 4. The Kier molecular flexibility index (Phi) is 5.33. The van der Waals surface area contributed by atoms with Crippen molar-refractivity contribution in [3.63, 3.8) is 0 Å². The number of nitrogens with zero attached hydrogens (tertiary/aromatic N) is 2. The van der Waals surface area contributed by atoms with Crippen LogP contribution >= 0.6 is 11.6 Å². The quantitative estimate of drug-likeness (QED) is 0.445. The summed E-state index contributed by atoms with van der Waals surface area (Å²) in [7, 11) is 0. The molecule has 3 aromatic carbocycles. The topological polar surface area (TPSA) is 56.4 Å². The molecule has 6 rings (SSSR count). The highest BCUT2D eigenvalue weighted by Crippen LogP contribution is 2.42. The van der Waals surface area contributed by atoms with Crippen LogP contribution in [0.3, 0.4) is 0 Å². The lowest BCUT2D eigenvalue weighted by Gasteiger charge is -2.47. The average molecular weight is 488 g/mol. The molecule has 5 nitrogen and oxygen atoms in total. The van der Waals surface area contributed by atoms with Gasteiger partial charge in [-0.25, -0.2) is 4.39 Å². The van der Waals surface area contributed by atoms with Crippen molar-refractivity contribution in [1.29, 1.82) is 0 Å². The van der Waals surface area contributed by atoms with Crippen molar-refractivity contribution in [3.8, 4) is 0 Å². The summed E-state index contributed by atoms with van der Waals surface area (Å²) in [4.78, 5) is 34.2. The van der Waals surface area contributed by atoms with Gasteiger partial charge >= 0.3 is 0 Å². The van der Waals surface area contributed by atoms with Crippen molar-refractivity contribution in [1.82, 2.24) is 14.8 Å². The summed E-state index contributed by atoms with van der Waals surface area (Å²) in [5.41, 5.74) is 4.78. The van der Waals surface area contributed by atoms with Crippen LogP contribution in [-0.4, -0.2) is 45.7 Å². The zero-order valence-electron chi connectivity index (χ0n) is 18.9. The second kappa shape index (κ2) is 8.54. The number of amides is 2. The summed E-state index contributed by atoms with van der Waals surface area (Å²) in [5.74, 6) is -0.449. The van der Waals surface area contributed by atoms with Crippen molar-refractivity contribution in [2.45, 2.75) is 24.9 Å². The highest BCUT2D eigenvalue weighted by atomic mass is 35.5. The zero-order valence-corrected chi connectivity index (χ0v) is 19.6. The van der Waals surface area contributed by atoms with Gasteiger partial charge in [-0.15, -0.1) is 0 Å². The fraction of sp³-hybridized carbons (Fsp3) is 0.214. The molecular formula is C28H23ClFN3O2. The lowest BCUT2D eigenvalue weighted by atomic mass is 9.86. The van der Waals surface area contributed by atoms with Crippen molar-refractivity contribution >= 4 is 34.3 Å². The van der Waals surface area contributed by atoms with Gasteiger partial charge in [0, 0.05) is 34.6 Å². The van der Waals surface area contributed by atoms with E-state index >= 15 is 0 Å². The molecular weight excluding hydrogens is 465 g/mol. The number of aromatic nitrogens is 1. The van der Waals surface area contributed by atoms with E-state index in [2.05, 4.69) is 11.1 Å². The zero-order chi connectivity index (χ0) is 24.1. The molecule has 0 radical (unpaired) electrons. The second-order valence-corrected chi connectivity index (χ2v) is 9.61. The van der Waals surface area contributed by atoms with Gasteiger partial charge < -0.3 is 14.8 Å². The predicted molar refractivity (Wildman–Crippen MR) is 133 cm³/mol. The Labute approximate surface area is 207 Å². The fourth-order valence-corrected chi connectivity index (χ4v) is 5.65.